The highest BCUT2D eigenvalue weighted by Crippen LogP contribution is 2.14. The molecule has 0 fully saturated rings. The number of ether oxygens (including phenoxy) is 3. The average Bonchev–Trinajstić information content (AvgIpc) is 3.30. The quantitative estimate of drug-likeness (QED) is 0.0199. The van der Waals surface area contributed by atoms with Crippen molar-refractivity contribution in [3.8, 4) is 0 Å². The molecule has 0 aromatic carbocycles. The van der Waals surface area contributed by atoms with E-state index in [1.165, 1.54) is 96.3 Å². The zero-order valence-electron chi connectivity index (χ0n) is 42.5. The molecule has 0 spiro atoms. The molecule has 0 bridgehead atoms. The van der Waals surface area contributed by atoms with Crippen molar-refractivity contribution in [3.63, 3.8) is 0 Å². The van der Waals surface area contributed by atoms with E-state index in [4.69, 9.17) is 14.2 Å². The fraction of sp³-hybridized carbons (Fsp3) is 0.712. The van der Waals surface area contributed by atoms with Crippen LogP contribution in [-0.2, 0) is 28.6 Å². The maximum atomic E-state index is 12.8. The molecule has 0 aliphatic carbocycles. The molecular formula is C59H100O6. The number of unbranched alkanes of at least 4 members (excludes halogenated alkanes) is 26. The summed E-state index contributed by atoms with van der Waals surface area (Å²) in [6.07, 6.45) is 68.5. The number of allylic oxidation sites excluding steroid dienone is 14. The lowest BCUT2D eigenvalue weighted by Gasteiger charge is -2.18. The van der Waals surface area contributed by atoms with Gasteiger partial charge in [-0.15, -0.1) is 0 Å². The molecule has 6 heteroatoms. The van der Waals surface area contributed by atoms with E-state index in [-0.39, 0.29) is 31.1 Å². The van der Waals surface area contributed by atoms with Crippen molar-refractivity contribution in [2.24, 2.45) is 0 Å². The van der Waals surface area contributed by atoms with Crippen molar-refractivity contribution in [2.75, 3.05) is 13.2 Å². The van der Waals surface area contributed by atoms with E-state index in [1.807, 2.05) is 0 Å². The molecule has 372 valence electrons. The van der Waals surface area contributed by atoms with Crippen LogP contribution >= 0.6 is 0 Å². The Balaban J connectivity index is 4.44. The van der Waals surface area contributed by atoms with Gasteiger partial charge in [0.1, 0.15) is 13.2 Å². The third kappa shape index (κ3) is 51.4. The zero-order valence-corrected chi connectivity index (χ0v) is 42.5. The van der Waals surface area contributed by atoms with Crippen LogP contribution in [-0.4, -0.2) is 37.2 Å². The predicted molar refractivity (Wildman–Crippen MR) is 279 cm³/mol. The van der Waals surface area contributed by atoms with Gasteiger partial charge in [0.25, 0.3) is 0 Å². The maximum absolute atomic E-state index is 12.8. The molecule has 0 amide bonds. The second-order valence-electron chi connectivity index (χ2n) is 17.8. The lowest BCUT2D eigenvalue weighted by molar-refractivity contribution is -0.167. The molecule has 0 saturated carbocycles. The summed E-state index contributed by atoms with van der Waals surface area (Å²) in [6, 6.07) is 0. The van der Waals surface area contributed by atoms with Crippen LogP contribution in [0.5, 0.6) is 0 Å². The van der Waals surface area contributed by atoms with Gasteiger partial charge in [-0.25, -0.2) is 0 Å². The van der Waals surface area contributed by atoms with E-state index in [0.717, 1.165) is 116 Å². The smallest absolute Gasteiger partial charge is 0.306 e. The van der Waals surface area contributed by atoms with Gasteiger partial charge in [0, 0.05) is 19.3 Å². The van der Waals surface area contributed by atoms with E-state index < -0.39 is 6.10 Å². The van der Waals surface area contributed by atoms with Gasteiger partial charge in [0.05, 0.1) is 0 Å². The number of esters is 3. The summed E-state index contributed by atoms with van der Waals surface area (Å²) >= 11 is 0. The molecule has 65 heavy (non-hydrogen) atoms. The van der Waals surface area contributed by atoms with Crippen LogP contribution < -0.4 is 0 Å². The van der Waals surface area contributed by atoms with E-state index in [9.17, 15) is 14.4 Å². The first kappa shape index (κ1) is 61.6. The molecule has 6 nitrogen and oxygen atoms in total. The molecule has 0 aliphatic heterocycles. The Morgan fingerprint density at radius 1 is 0.338 bits per heavy atom. The van der Waals surface area contributed by atoms with Crippen LogP contribution in [0.3, 0.4) is 0 Å². The summed E-state index contributed by atoms with van der Waals surface area (Å²) in [6.45, 7) is 6.45. The summed E-state index contributed by atoms with van der Waals surface area (Å²) in [5, 5.41) is 0. The highest BCUT2D eigenvalue weighted by Gasteiger charge is 2.19. The van der Waals surface area contributed by atoms with E-state index in [1.54, 1.807) is 0 Å². The third-order valence-corrected chi connectivity index (χ3v) is 11.4. The number of rotatable bonds is 48. The van der Waals surface area contributed by atoms with Gasteiger partial charge in [-0.1, -0.05) is 221 Å². The van der Waals surface area contributed by atoms with Gasteiger partial charge in [-0.3, -0.25) is 14.4 Å². The topological polar surface area (TPSA) is 78.9 Å². The second-order valence-corrected chi connectivity index (χ2v) is 17.8. The average molecular weight is 905 g/mol. The van der Waals surface area contributed by atoms with Crippen LogP contribution in [0.4, 0.5) is 0 Å². The summed E-state index contributed by atoms with van der Waals surface area (Å²) in [7, 11) is 0. The Hall–Kier alpha value is -3.41. The van der Waals surface area contributed by atoms with Gasteiger partial charge >= 0.3 is 17.9 Å². The summed E-state index contributed by atoms with van der Waals surface area (Å²) in [4.78, 5) is 38.0. The Morgan fingerprint density at radius 3 is 1.11 bits per heavy atom. The summed E-state index contributed by atoms with van der Waals surface area (Å²) in [5.41, 5.74) is 0. The first-order valence-corrected chi connectivity index (χ1v) is 27.1. The highest BCUT2D eigenvalue weighted by molar-refractivity contribution is 5.71. The van der Waals surface area contributed by atoms with Crippen LogP contribution in [0.1, 0.15) is 252 Å². The standard InChI is InChI=1S/C59H100O6/c1-4-7-10-13-16-19-22-25-27-29-31-32-34-37-40-43-46-49-52-58(61)64-55-56(54-63-57(60)51-48-45-42-39-36-24-21-18-15-12-9-6-3)65-59(62)53-50-47-44-41-38-35-33-30-28-26-23-20-17-14-11-8-5-2/h9,12,16,18-19,21-22,25-29,31-32,56H,4-8,10-11,13-15,17,20,23-24,30,33-55H2,1-3H3/b12-9-,19-16-,21-18-,25-22-,28-26-,29-27-,32-31-. The molecular weight excluding hydrogens is 805 g/mol. The summed E-state index contributed by atoms with van der Waals surface area (Å²) in [5.74, 6) is -0.933. The molecule has 0 saturated heterocycles. The maximum Gasteiger partial charge on any atom is 0.306 e. The highest BCUT2D eigenvalue weighted by atomic mass is 16.6. The minimum atomic E-state index is -0.795. The molecule has 0 rings (SSSR count). The number of hydrogen-bond donors (Lipinski definition) is 0. The van der Waals surface area contributed by atoms with E-state index >= 15 is 0 Å². The first-order chi connectivity index (χ1) is 32.0. The molecule has 1 atom stereocenters. The Bertz CT molecular complexity index is 1270. The molecule has 0 radical (unpaired) electrons. The van der Waals surface area contributed by atoms with Crippen LogP contribution in [0.25, 0.3) is 0 Å². The minimum Gasteiger partial charge on any atom is -0.462 e. The van der Waals surface area contributed by atoms with Gasteiger partial charge in [0.2, 0.25) is 0 Å². The van der Waals surface area contributed by atoms with Crippen molar-refractivity contribution in [3.05, 3.63) is 85.1 Å². The van der Waals surface area contributed by atoms with Gasteiger partial charge in [-0.05, 0) is 96.3 Å². The predicted octanol–water partition coefficient (Wildman–Crippen LogP) is 18.0. The van der Waals surface area contributed by atoms with Crippen molar-refractivity contribution < 1.29 is 28.6 Å². The largest absolute Gasteiger partial charge is 0.462 e. The van der Waals surface area contributed by atoms with E-state index in [0.29, 0.717) is 19.3 Å². The molecule has 0 N–H and O–H groups in total. The third-order valence-electron chi connectivity index (χ3n) is 11.4. The Labute approximate surface area is 401 Å². The van der Waals surface area contributed by atoms with E-state index in [2.05, 4.69) is 106 Å². The van der Waals surface area contributed by atoms with Crippen molar-refractivity contribution in [1.29, 1.82) is 0 Å². The molecule has 1 unspecified atom stereocenters. The fourth-order valence-corrected chi connectivity index (χ4v) is 7.37. The lowest BCUT2D eigenvalue weighted by Crippen LogP contribution is -2.30. The number of hydrogen-bond acceptors (Lipinski definition) is 6. The number of carbonyl (C=O) groups excluding carboxylic acids is 3. The SMILES string of the molecule is CC/C=C\C/C=C\CCCCCCCC(=O)OCC(COC(=O)CCCCCCC\C=C/C=C\C=C/C=C\CCCCC)OC(=O)CCCCCCCCC/C=C\CCCCCCCC. The van der Waals surface area contributed by atoms with Crippen LogP contribution in [0.2, 0.25) is 0 Å². The summed E-state index contributed by atoms with van der Waals surface area (Å²) < 4.78 is 16.8. The van der Waals surface area contributed by atoms with Crippen molar-refractivity contribution in [1.82, 2.24) is 0 Å². The molecule has 0 aromatic heterocycles. The van der Waals surface area contributed by atoms with Gasteiger partial charge in [-0.2, -0.15) is 0 Å². The van der Waals surface area contributed by atoms with Crippen LogP contribution in [0.15, 0.2) is 85.1 Å². The fourth-order valence-electron chi connectivity index (χ4n) is 7.37. The molecule has 0 heterocycles. The second kappa shape index (κ2) is 53.2. The lowest BCUT2D eigenvalue weighted by atomic mass is 10.1. The van der Waals surface area contributed by atoms with Gasteiger partial charge < -0.3 is 14.2 Å². The number of carbonyl (C=O) groups is 3. The first-order valence-electron chi connectivity index (χ1n) is 27.1. The van der Waals surface area contributed by atoms with Crippen molar-refractivity contribution in [2.45, 2.75) is 258 Å². The Kier molecular flexibility index (Phi) is 50.4. The normalized spacial score (nSPS) is 12.7. The zero-order chi connectivity index (χ0) is 47.2. The minimum absolute atomic E-state index is 0.0939. The Morgan fingerprint density at radius 2 is 0.662 bits per heavy atom. The van der Waals surface area contributed by atoms with Crippen LogP contribution in [0, 0.1) is 0 Å². The van der Waals surface area contributed by atoms with Gasteiger partial charge in [0.15, 0.2) is 6.10 Å². The molecule has 0 aromatic rings. The van der Waals surface area contributed by atoms with Crippen molar-refractivity contribution >= 4 is 17.9 Å². The monoisotopic (exact) mass is 905 g/mol. The molecule has 0 aliphatic rings.